The van der Waals surface area contributed by atoms with Crippen LogP contribution in [0, 0.1) is 11.3 Å². The zero-order chi connectivity index (χ0) is 13.5. The number of benzene rings is 1. The molecule has 0 atom stereocenters. The molecular weight excluding hydrogens is 302 g/mol. The van der Waals surface area contributed by atoms with Gasteiger partial charge >= 0.3 is 5.97 Å². The van der Waals surface area contributed by atoms with Crippen LogP contribution in [0.4, 0.5) is 5.69 Å². The van der Waals surface area contributed by atoms with E-state index in [1.54, 1.807) is 18.2 Å². The summed E-state index contributed by atoms with van der Waals surface area (Å²) in [4.78, 5) is 21.5. The minimum absolute atomic E-state index is 0.0988. The van der Waals surface area contributed by atoms with E-state index in [2.05, 4.69) is 26.6 Å². The van der Waals surface area contributed by atoms with Gasteiger partial charge in [0.15, 0.2) is 0 Å². The molecule has 0 bridgehead atoms. The van der Waals surface area contributed by atoms with Gasteiger partial charge in [-0.15, -0.1) is 0 Å². The number of carboxylic acids is 1. The minimum atomic E-state index is -1.11. The molecule has 0 aliphatic rings. The summed E-state index contributed by atoms with van der Waals surface area (Å²) in [5.41, 5.74) is 0.918. The molecule has 0 aromatic heterocycles. The lowest BCUT2D eigenvalue weighted by atomic mass is 10.2. The maximum absolute atomic E-state index is 11.3. The number of aliphatic carboxylic acids is 1. The first-order chi connectivity index (χ1) is 8.52. The van der Waals surface area contributed by atoms with Gasteiger partial charge in [0.05, 0.1) is 17.8 Å². The summed E-state index contributed by atoms with van der Waals surface area (Å²) in [5.74, 6) is -1.57. The quantitative estimate of drug-likeness (QED) is 0.751. The van der Waals surface area contributed by atoms with Crippen molar-refractivity contribution in [2.24, 2.45) is 0 Å². The molecule has 18 heavy (non-hydrogen) atoms. The predicted octanol–water partition coefficient (Wildman–Crippen LogP) is 0.933. The third kappa shape index (κ3) is 4.43. The molecule has 0 fully saturated rings. The molecule has 0 spiro atoms. The summed E-state index contributed by atoms with van der Waals surface area (Å²) >= 11 is 3.25. The number of halogens is 1. The predicted molar refractivity (Wildman–Crippen MR) is 68.0 cm³/mol. The number of nitrogens with zero attached hydrogens (tertiary/aromatic N) is 1. The number of carboxylic acid groups (broad SMARTS) is 1. The van der Waals surface area contributed by atoms with Crippen molar-refractivity contribution in [2.45, 2.75) is 0 Å². The summed E-state index contributed by atoms with van der Waals surface area (Å²) in [5, 5.41) is 22.2. The van der Waals surface area contributed by atoms with Crippen molar-refractivity contribution in [1.29, 1.82) is 5.26 Å². The van der Waals surface area contributed by atoms with E-state index in [4.69, 9.17) is 10.4 Å². The average Bonchev–Trinajstić information content (AvgIpc) is 2.34. The fourth-order valence-corrected chi connectivity index (χ4v) is 1.53. The summed E-state index contributed by atoms with van der Waals surface area (Å²) in [6.45, 7) is -0.525. The number of nitrogens with one attached hydrogen (secondary N) is 2. The Hall–Kier alpha value is -2.07. The Morgan fingerprint density at radius 1 is 1.39 bits per heavy atom. The molecule has 0 saturated carbocycles. The summed E-state index contributed by atoms with van der Waals surface area (Å²) in [6.07, 6.45) is 0. The van der Waals surface area contributed by atoms with Crippen molar-refractivity contribution >= 4 is 33.5 Å². The van der Waals surface area contributed by atoms with Gasteiger partial charge in [-0.05, 0) is 18.2 Å². The molecule has 1 aromatic rings. The second-order valence-electron chi connectivity index (χ2n) is 3.33. The van der Waals surface area contributed by atoms with Gasteiger partial charge in [0, 0.05) is 4.47 Å². The van der Waals surface area contributed by atoms with E-state index in [1.165, 1.54) is 0 Å². The largest absolute Gasteiger partial charge is 0.480 e. The van der Waals surface area contributed by atoms with Gasteiger partial charge < -0.3 is 15.7 Å². The number of hydrogen-bond acceptors (Lipinski definition) is 4. The monoisotopic (exact) mass is 311 g/mol. The number of anilines is 1. The second-order valence-corrected chi connectivity index (χ2v) is 4.24. The van der Waals surface area contributed by atoms with Crippen LogP contribution in [0.15, 0.2) is 22.7 Å². The fourth-order valence-electron chi connectivity index (χ4n) is 1.17. The van der Waals surface area contributed by atoms with E-state index in [1.807, 2.05) is 6.07 Å². The molecule has 0 saturated heterocycles. The summed E-state index contributed by atoms with van der Waals surface area (Å²) in [7, 11) is 0. The number of nitriles is 1. The standard InChI is InChI=1S/C11H10BrN3O3/c12-8-2-1-7(4-13)9(3-8)14-5-10(16)15-6-11(17)18/h1-3,14H,5-6H2,(H,15,16)(H,17,18). The molecule has 6 nitrogen and oxygen atoms in total. The van der Waals surface area contributed by atoms with Gasteiger partial charge in [0.2, 0.25) is 5.91 Å². The molecule has 0 aliphatic carbocycles. The number of amides is 1. The molecule has 1 amide bonds. The molecule has 1 rings (SSSR count). The van der Waals surface area contributed by atoms with E-state index in [0.29, 0.717) is 11.3 Å². The van der Waals surface area contributed by atoms with Crippen molar-refractivity contribution in [1.82, 2.24) is 5.32 Å². The molecule has 7 heteroatoms. The van der Waals surface area contributed by atoms with Crippen molar-refractivity contribution in [3.05, 3.63) is 28.2 Å². The lowest BCUT2D eigenvalue weighted by Crippen LogP contribution is -2.33. The normalized spacial score (nSPS) is 9.33. The van der Waals surface area contributed by atoms with E-state index in [9.17, 15) is 9.59 Å². The number of carbonyl (C=O) groups excluding carboxylic acids is 1. The molecule has 0 radical (unpaired) electrons. The van der Waals surface area contributed by atoms with Gasteiger partial charge in [-0.3, -0.25) is 9.59 Å². The zero-order valence-corrected chi connectivity index (χ0v) is 10.8. The van der Waals surface area contributed by atoms with Crippen LogP contribution in [0.1, 0.15) is 5.56 Å². The highest BCUT2D eigenvalue weighted by Gasteiger charge is 2.06. The van der Waals surface area contributed by atoms with Crippen LogP contribution >= 0.6 is 15.9 Å². The molecule has 0 aliphatic heterocycles. The van der Waals surface area contributed by atoms with E-state index in [0.717, 1.165) is 4.47 Å². The smallest absolute Gasteiger partial charge is 0.322 e. The Morgan fingerprint density at radius 2 is 2.11 bits per heavy atom. The molecule has 0 unspecified atom stereocenters. The van der Waals surface area contributed by atoms with Gasteiger partial charge in [-0.25, -0.2) is 0 Å². The van der Waals surface area contributed by atoms with Crippen LogP contribution in [0.5, 0.6) is 0 Å². The van der Waals surface area contributed by atoms with Crippen molar-refractivity contribution in [2.75, 3.05) is 18.4 Å². The first kappa shape index (κ1) is 14.0. The van der Waals surface area contributed by atoms with E-state index in [-0.39, 0.29) is 6.54 Å². The number of rotatable bonds is 5. The second kappa shape index (κ2) is 6.61. The topological polar surface area (TPSA) is 102 Å². The molecule has 94 valence electrons. The highest BCUT2D eigenvalue weighted by Crippen LogP contribution is 2.20. The summed E-state index contributed by atoms with van der Waals surface area (Å²) < 4.78 is 0.773. The van der Waals surface area contributed by atoms with Crippen LogP contribution in [0.3, 0.4) is 0 Å². The Bertz CT molecular complexity index is 511. The Labute approximate surface area is 112 Å². The highest BCUT2D eigenvalue weighted by atomic mass is 79.9. The third-order valence-electron chi connectivity index (χ3n) is 1.98. The van der Waals surface area contributed by atoms with Crippen LogP contribution in [-0.2, 0) is 9.59 Å². The molecule has 0 heterocycles. The van der Waals surface area contributed by atoms with Crippen molar-refractivity contribution in [3.8, 4) is 6.07 Å². The zero-order valence-electron chi connectivity index (χ0n) is 9.24. The van der Waals surface area contributed by atoms with Crippen LogP contribution in [0.25, 0.3) is 0 Å². The maximum Gasteiger partial charge on any atom is 0.322 e. The lowest BCUT2D eigenvalue weighted by Gasteiger charge is -2.08. The number of hydrogen-bond donors (Lipinski definition) is 3. The summed E-state index contributed by atoms with van der Waals surface area (Å²) in [6, 6.07) is 6.99. The molecular formula is C11H10BrN3O3. The Balaban J connectivity index is 2.58. The average molecular weight is 312 g/mol. The van der Waals surface area contributed by atoms with Crippen LogP contribution in [-0.4, -0.2) is 30.1 Å². The minimum Gasteiger partial charge on any atom is -0.480 e. The van der Waals surface area contributed by atoms with Crippen molar-refractivity contribution < 1.29 is 14.7 Å². The first-order valence-electron chi connectivity index (χ1n) is 4.95. The van der Waals surface area contributed by atoms with Gasteiger partial charge in [-0.2, -0.15) is 5.26 Å². The maximum atomic E-state index is 11.3. The fraction of sp³-hybridized carbons (Fsp3) is 0.182. The Morgan fingerprint density at radius 3 is 2.72 bits per heavy atom. The van der Waals surface area contributed by atoms with E-state index >= 15 is 0 Å². The van der Waals surface area contributed by atoms with Crippen molar-refractivity contribution in [3.63, 3.8) is 0 Å². The molecule has 3 N–H and O–H groups in total. The number of carbonyl (C=O) groups is 2. The van der Waals surface area contributed by atoms with E-state index < -0.39 is 18.4 Å². The SMILES string of the molecule is N#Cc1ccc(Br)cc1NCC(=O)NCC(=O)O. The Kier molecular flexibility index (Phi) is 5.14. The highest BCUT2D eigenvalue weighted by molar-refractivity contribution is 9.10. The van der Waals surface area contributed by atoms with Crippen LogP contribution in [0.2, 0.25) is 0 Å². The first-order valence-corrected chi connectivity index (χ1v) is 5.74. The molecule has 1 aromatic carbocycles. The van der Waals surface area contributed by atoms with Gasteiger partial charge in [0.25, 0.3) is 0 Å². The lowest BCUT2D eigenvalue weighted by molar-refractivity contribution is -0.137. The third-order valence-corrected chi connectivity index (χ3v) is 2.47. The van der Waals surface area contributed by atoms with Gasteiger partial charge in [-0.1, -0.05) is 15.9 Å². The van der Waals surface area contributed by atoms with Crippen LogP contribution < -0.4 is 10.6 Å². The van der Waals surface area contributed by atoms with Gasteiger partial charge in [0.1, 0.15) is 12.6 Å².